The van der Waals surface area contributed by atoms with Gasteiger partial charge in [0.05, 0.1) is 24.1 Å². The van der Waals surface area contributed by atoms with Gasteiger partial charge in [0.25, 0.3) is 0 Å². The standard InChI is InChI=1S/C19H21N5O/c1-14(22-19(25)10-9-16-11-20-23(3)13-16)18-12-21-24(15(18)2)17-7-5-4-6-8-17/h4-14H,1-3H3,(H,22,25). The minimum atomic E-state index is -0.150. The fraction of sp³-hybridized carbons (Fsp3) is 0.211. The fourth-order valence-electron chi connectivity index (χ4n) is 2.71. The summed E-state index contributed by atoms with van der Waals surface area (Å²) in [4.78, 5) is 12.1. The number of carbonyl (C=O) groups excluding carboxylic acids is 1. The zero-order valence-electron chi connectivity index (χ0n) is 14.5. The average molecular weight is 335 g/mol. The summed E-state index contributed by atoms with van der Waals surface area (Å²) >= 11 is 0. The Bertz CT molecular complexity index is 892. The van der Waals surface area contributed by atoms with Crippen molar-refractivity contribution in [2.45, 2.75) is 19.9 Å². The van der Waals surface area contributed by atoms with E-state index in [1.54, 1.807) is 23.2 Å². The quantitative estimate of drug-likeness (QED) is 0.729. The van der Waals surface area contributed by atoms with Crippen LogP contribution in [0.3, 0.4) is 0 Å². The molecule has 128 valence electrons. The SMILES string of the molecule is Cc1c(C(C)NC(=O)C=Cc2cnn(C)c2)cnn1-c1ccccc1. The van der Waals surface area contributed by atoms with Gasteiger partial charge in [0, 0.05) is 36.1 Å². The number of aryl methyl sites for hydroxylation is 1. The van der Waals surface area contributed by atoms with E-state index in [-0.39, 0.29) is 11.9 Å². The molecule has 0 aliphatic rings. The average Bonchev–Trinajstić information content (AvgIpc) is 3.19. The molecule has 6 nitrogen and oxygen atoms in total. The molecule has 1 N–H and O–H groups in total. The maximum atomic E-state index is 12.1. The first-order valence-electron chi connectivity index (χ1n) is 8.12. The van der Waals surface area contributed by atoms with Gasteiger partial charge >= 0.3 is 0 Å². The van der Waals surface area contributed by atoms with Crippen LogP contribution in [0.5, 0.6) is 0 Å². The molecule has 0 bridgehead atoms. The second-order valence-corrected chi connectivity index (χ2v) is 5.94. The summed E-state index contributed by atoms with van der Waals surface area (Å²) in [5, 5.41) is 11.5. The molecular weight excluding hydrogens is 314 g/mol. The van der Waals surface area contributed by atoms with Gasteiger partial charge in [-0.15, -0.1) is 0 Å². The summed E-state index contributed by atoms with van der Waals surface area (Å²) in [6.07, 6.45) is 8.63. The molecule has 3 rings (SSSR count). The van der Waals surface area contributed by atoms with E-state index >= 15 is 0 Å². The van der Waals surface area contributed by atoms with Crippen LogP contribution in [0.1, 0.15) is 29.8 Å². The maximum Gasteiger partial charge on any atom is 0.244 e. The molecule has 0 radical (unpaired) electrons. The first kappa shape index (κ1) is 16.7. The van der Waals surface area contributed by atoms with Crippen LogP contribution in [-0.2, 0) is 11.8 Å². The Hall–Kier alpha value is -3.15. The van der Waals surface area contributed by atoms with Crippen LogP contribution < -0.4 is 5.32 Å². The van der Waals surface area contributed by atoms with Gasteiger partial charge in [0.15, 0.2) is 0 Å². The van der Waals surface area contributed by atoms with Crippen molar-refractivity contribution in [1.29, 1.82) is 0 Å². The molecule has 2 heterocycles. The predicted octanol–water partition coefficient (Wildman–Crippen LogP) is 2.80. The molecule has 0 aliphatic carbocycles. The number of aromatic nitrogens is 4. The largest absolute Gasteiger partial charge is 0.346 e. The smallest absolute Gasteiger partial charge is 0.244 e. The van der Waals surface area contributed by atoms with E-state index < -0.39 is 0 Å². The molecule has 0 fully saturated rings. The summed E-state index contributed by atoms with van der Waals surface area (Å²) in [6, 6.07) is 9.80. The molecule has 3 aromatic rings. The zero-order valence-corrected chi connectivity index (χ0v) is 14.5. The van der Waals surface area contributed by atoms with Crippen molar-refractivity contribution in [3.8, 4) is 5.69 Å². The van der Waals surface area contributed by atoms with Crippen LogP contribution in [0.25, 0.3) is 11.8 Å². The van der Waals surface area contributed by atoms with Crippen LogP contribution in [0.4, 0.5) is 0 Å². The van der Waals surface area contributed by atoms with E-state index in [1.807, 2.05) is 62.1 Å². The second kappa shape index (κ2) is 7.17. The van der Waals surface area contributed by atoms with Gasteiger partial charge in [-0.1, -0.05) is 18.2 Å². The van der Waals surface area contributed by atoms with Crippen molar-refractivity contribution < 1.29 is 4.79 Å². The Balaban J connectivity index is 1.69. The maximum absolute atomic E-state index is 12.1. The highest BCUT2D eigenvalue weighted by atomic mass is 16.1. The van der Waals surface area contributed by atoms with Crippen LogP contribution in [-0.4, -0.2) is 25.5 Å². The molecule has 2 aromatic heterocycles. The number of benzene rings is 1. The molecule has 0 aliphatic heterocycles. The Morgan fingerprint density at radius 1 is 1.20 bits per heavy atom. The number of hydrogen-bond acceptors (Lipinski definition) is 3. The van der Waals surface area contributed by atoms with E-state index in [4.69, 9.17) is 0 Å². The molecular formula is C19H21N5O. The van der Waals surface area contributed by atoms with Crippen LogP contribution in [0.15, 0.2) is 55.0 Å². The first-order chi connectivity index (χ1) is 12.0. The van der Waals surface area contributed by atoms with E-state index in [1.165, 1.54) is 6.08 Å². The topological polar surface area (TPSA) is 64.7 Å². The molecule has 0 spiro atoms. The summed E-state index contributed by atoms with van der Waals surface area (Å²) in [5.41, 5.74) is 3.89. The molecule has 1 unspecified atom stereocenters. The summed E-state index contributed by atoms with van der Waals surface area (Å²) < 4.78 is 3.57. The van der Waals surface area contributed by atoms with Crippen molar-refractivity contribution >= 4 is 12.0 Å². The third kappa shape index (κ3) is 3.85. The lowest BCUT2D eigenvalue weighted by Crippen LogP contribution is -2.25. The highest BCUT2D eigenvalue weighted by Crippen LogP contribution is 2.20. The van der Waals surface area contributed by atoms with Gasteiger partial charge in [0.2, 0.25) is 5.91 Å². The lowest BCUT2D eigenvalue weighted by molar-refractivity contribution is -0.117. The summed E-state index contributed by atoms with van der Waals surface area (Å²) in [6.45, 7) is 3.96. The molecule has 25 heavy (non-hydrogen) atoms. The monoisotopic (exact) mass is 335 g/mol. The first-order valence-corrected chi connectivity index (χ1v) is 8.12. The number of hydrogen-bond donors (Lipinski definition) is 1. The van der Waals surface area contributed by atoms with Gasteiger partial charge in [-0.2, -0.15) is 10.2 Å². The summed E-state index contributed by atoms with van der Waals surface area (Å²) in [7, 11) is 1.84. The van der Waals surface area contributed by atoms with E-state index in [2.05, 4.69) is 15.5 Å². The van der Waals surface area contributed by atoms with Crippen molar-refractivity contribution in [2.24, 2.45) is 7.05 Å². The molecule has 1 amide bonds. The second-order valence-electron chi connectivity index (χ2n) is 5.94. The Morgan fingerprint density at radius 3 is 2.64 bits per heavy atom. The Kier molecular flexibility index (Phi) is 4.79. The van der Waals surface area contributed by atoms with Crippen LogP contribution >= 0.6 is 0 Å². The third-order valence-electron chi connectivity index (χ3n) is 4.03. The Labute approximate surface area is 146 Å². The number of carbonyl (C=O) groups is 1. The van der Waals surface area contributed by atoms with Gasteiger partial charge in [0.1, 0.15) is 0 Å². The number of nitrogens with zero attached hydrogens (tertiary/aromatic N) is 4. The molecule has 0 saturated heterocycles. The number of rotatable bonds is 5. The van der Waals surface area contributed by atoms with Crippen LogP contribution in [0.2, 0.25) is 0 Å². The number of nitrogens with one attached hydrogen (secondary N) is 1. The predicted molar refractivity (Wildman–Crippen MR) is 97.1 cm³/mol. The fourth-order valence-corrected chi connectivity index (χ4v) is 2.71. The van der Waals surface area contributed by atoms with Crippen molar-refractivity contribution in [3.63, 3.8) is 0 Å². The molecule has 1 aromatic carbocycles. The molecule has 1 atom stereocenters. The van der Waals surface area contributed by atoms with Crippen molar-refractivity contribution in [2.75, 3.05) is 0 Å². The van der Waals surface area contributed by atoms with E-state index in [0.717, 1.165) is 22.5 Å². The lowest BCUT2D eigenvalue weighted by Gasteiger charge is -2.12. The van der Waals surface area contributed by atoms with Gasteiger partial charge in [-0.25, -0.2) is 4.68 Å². The number of amides is 1. The molecule has 0 saturated carbocycles. The number of para-hydroxylation sites is 1. The lowest BCUT2D eigenvalue weighted by atomic mass is 10.1. The minimum absolute atomic E-state index is 0.136. The Morgan fingerprint density at radius 2 is 1.96 bits per heavy atom. The minimum Gasteiger partial charge on any atom is -0.346 e. The normalized spacial score (nSPS) is 12.4. The van der Waals surface area contributed by atoms with E-state index in [9.17, 15) is 4.79 Å². The van der Waals surface area contributed by atoms with Crippen molar-refractivity contribution in [1.82, 2.24) is 24.9 Å². The van der Waals surface area contributed by atoms with Gasteiger partial charge in [-0.3, -0.25) is 9.48 Å². The summed E-state index contributed by atoms with van der Waals surface area (Å²) in [5.74, 6) is -0.150. The van der Waals surface area contributed by atoms with Gasteiger partial charge < -0.3 is 5.32 Å². The molecule has 6 heteroatoms. The third-order valence-corrected chi connectivity index (χ3v) is 4.03. The highest BCUT2D eigenvalue weighted by molar-refractivity contribution is 5.91. The van der Waals surface area contributed by atoms with Gasteiger partial charge in [-0.05, 0) is 32.1 Å². The van der Waals surface area contributed by atoms with Crippen LogP contribution in [0, 0.1) is 6.92 Å². The van der Waals surface area contributed by atoms with Crippen molar-refractivity contribution in [3.05, 3.63) is 71.8 Å². The highest BCUT2D eigenvalue weighted by Gasteiger charge is 2.15. The van der Waals surface area contributed by atoms with E-state index in [0.29, 0.717) is 0 Å². The zero-order chi connectivity index (χ0) is 17.8.